The predicted octanol–water partition coefficient (Wildman–Crippen LogP) is 5.41. The molecule has 3 aromatic rings. The molecule has 4 heteroatoms. The van der Waals surface area contributed by atoms with Crippen LogP contribution in [0.2, 0.25) is 5.04 Å². The van der Waals surface area contributed by atoms with Crippen LogP contribution in [0, 0.1) is 17.3 Å². The van der Waals surface area contributed by atoms with Crippen molar-refractivity contribution in [3.05, 3.63) is 96.6 Å². The van der Waals surface area contributed by atoms with Gasteiger partial charge in [0.2, 0.25) is 0 Å². The van der Waals surface area contributed by atoms with Crippen LogP contribution in [0.25, 0.3) is 0 Å². The Morgan fingerprint density at radius 1 is 0.886 bits per heavy atom. The highest BCUT2D eigenvalue weighted by molar-refractivity contribution is 6.99. The van der Waals surface area contributed by atoms with Crippen molar-refractivity contribution in [1.29, 1.82) is 0 Å². The standard InChI is InChI=1S/C31H40O3Si/c1-30(2,3)35(27-16-10-6-11-17-27,28-18-12-7-13-19-28)34-24-31(4)20-29(31)26(21-32)23-33-22-25-14-8-5-9-15-25/h5-19,26,29,32H,20-24H2,1-4H3/t26?,29-,31+/m0/s1. The normalized spacial score (nSPS) is 21.0. The minimum absolute atomic E-state index is 0.0361. The molecule has 0 amide bonds. The Morgan fingerprint density at radius 2 is 1.40 bits per heavy atom. The van der Waals surface area contributed by atoms with Gasteiger partial charge in [0, 0.05) is 19.1 Å². The van der Waals surface area contributed by atoms with E-state index in [1.807, 2.05) is 18.2 Å². The summed E-state index contributed by atoms with van der Waals surface area (Å²) in [6.07, 6.45) is 1.06. The van der Waals surface area contributed by atoms with Crippen molar-refractivity contribution in [2.75, 3.05) is 19.8 Å². The lowest BCUT2D eigenvalue weighted by molar-refractivity contribution is 0.0455. The number of aliphatic hydroxyl groups is 1. The van der Waals surface area contributed by atoms with Gasteiger partial charge in [-0.15, -0.1) is 0 Å². The van der Waals surface area contributed by atoms with Gasteiger partial charge in [-0.1, -0.05) is 119 Å². The fraction of sp³-hybridized carbons (Fsp3) is 0.419. The zero-order valence-electron chi connectivity index (χ0n) is 21.6. The van der Waals surface area contributed by atoms with Gasteiger partial charge in [-0.3, -0.25) is 0 Å². The van der Waals surface area contributed by atoms with E-state index >= 15 is 0 Å². The molecular weight excluding hydrogens is 448 g/mol. The molecule has 186 valence electrons. The zero-order chi connectivity index (χ0) is 24.9. The van der Waals surface area contributed by atoms with Crippen molar-refractivity contribution in [3.63, 3.8) is 0 Å². The molecule has 1 aliphatic carbocycles. The second-order valence-corrected chi connectivity index (χ2v) is 15.7. The summed E-state index contributed by atoms with van der Waals surface area (Å²) in [5.74, 6) is 0.535. The quantitative estimate of drug-likeness (QED) is 0.367. The maximum atomic E-state index is 10.2. The Balaban J connectivity index is 1.50. The number of hydrogen-bond donors (Lipinski definition) is 1. The van der Waals surface area contributed by atoms with Crippen LogP contribution in [-0.2, 0) is 15.8 Å². The molecular formula is C31H40O3Si. The van der Waals surface area contributed by atoms with E-state index in [0.717, 1.165) is 12.0 Å². The molecule has 3 atom stereocenters. The highest BCUT2D eigenvalue weighted by Gasteiger charge is 2.57. The Morgan fingerprint density at radius 3 is 1.89 bits per heavy atom. The number of hydrogen-bond acceptors (Lipinski definition) is 3. The molecule has 0 bridgehead atoms. The molecule has 1 aliphatic rings. The van der Waals surface area contributed by atoms with Gasteiger partial charge in [-0.25, -0.2) is 0 Å². The minimum Gasteiger partial charge on any atom is -0.407 e. The predicted molar refractivity (Wildman–Crippen MR) is 146 cm³/mol. The van der Waals surface area contributed by atoms with Gasteiger partial charge in [-0.2, -0.15) is 0 Å². The van der Waals surface area contributed by atoms with Gasteiger partial charge < -0.3 is 14.3 Å². The van der Waals surface area contributed by atoms with Crippen LogP contribution in [0.4, 0.5) is 0 Å². The summed E-state index contributed by atoms with van der Waals surface area (Å²) in [5.41, 5.74) is 1.22. The SMILES string of the molecule is CC(C)(C)[Si](OC[C@@]1(C)C[C@H]1C(CO)COCc1ccccc1)(c1ccccc1)c1ccccc1. The first-order valence-electron chi connectivity index (χ1n) is 12.8. The summed E-state index contributed by atoms with van der Waals surface area (Å²) in [4.78, 5) is 0. The fourth-order valence-corrected chi connectivity index (χ4v) is 10.3. The highest BCUT2D eigenvalue weighted by Crippen LogP contribution is 2.57. The molecule has 3 nitrogen and oxygen atoms in total. The first-order chi connectivity index (χ1) is 16.8. The van der Waals surface area contributed by atoms with Crippen LogP contribution >= 0.6 is 0 Å². The molecule has 3 aromatic carbocycles. The third-order valence-corrected chi connectivity index (χ3v) is 12.7. The number of ether oxygens (including phenoxy) is 1. The van der Waals surface area contributed by atoms with Crippen molar-refractivity contribution < 1.29 is 14.3 Å². The smallest absolute Gasteiger partial charge is 0.261 e. The second kappa shape index (κ2) is 10.8. The Kier molecular flexibility index (Phi) is 7.97. The van der Waals surface area contributed by atoms with E-state index in [1.165, 1.54) is 10.4 Å². The van der Waals surface area contributed by atoms with E-state index in [2.05, 4.69) is 100 Å². The second-order valence-electron chi connectivity index (χ2n) is 11.4. The van der Waals surface area contributed by atoms with Crippen molar-refractivity contribution in [3.8, 4) is 0 Å². The van der Waals surface area contributed by atoms with Crippen molar-refractivity contribution in [2.45, 2.75) is 45.8 Å². The molecule has 0 aromatic heterocycles. The largest absolute Gasteiger partial charge is 0.407 e. The molecule has 4 rings (SSSR count). The maximum absolute atomic E-state index is 10.2. The van der Waals surface area contributed by atoms with E-state index in [1.54, 1.807) is 0 Å². The zero-order valence-corrected chi connectivity index (χ0v) is 22.6. The van der Waals surface area contributed by atoms with Gasteiger partial charge in [0.05, 0.1) is 13.2 Å². The van der Waals surface area contributed by atoms with Crippen molar-refractivity contribution in [2.24, 2.45) is 17.3 Å². The van der Waals surface area contributed by atoms with E-state index in [4.69, 9.17) is 9.16 Å². The van der Waals surface area contributed by atoms with E-state index < -0.39 is 8.32 Å². The molecule has 0 heterocycles. The topological polar surface area (TPSA) is 38.7 Å². The Labute approximate surface area is 212 Å². The van der Waals surface area contributed by atoms with Gasteiger partial charge in [-0.05, 0) is 38.7 Å². The van der Waals surface area contributed by atoms with Gasteiger partial charge in [0.1, 0.15) is 0 Å². The third-order valence-electron chi connectivity index (χ3n) is 7.70. The van der Waals surface area contributed by atoms with Crippen LogP contribution in [-0.4, -0.2) is 33.2 Å². The van der Waals surface area contributed by atoms with Crippen LogP contribution in [0.5, 0.6) is 0 Å². The molecule has 1 fully saturated rings. The summed E-state index contributed by atoms with van der Waals surface area (Å²) in [7, 11) is -2.56. The molecule has 0 aliphatic heterocycles. The molecule has 0 saturated heterocycles. The summed E-state index contributed by atoms with van der Waals surface area (Å²) in [6, 6.07) is 31.9. The highest BCUT2D eigenvalue weighted by atomic mass is 28.4. The Bertz CT molecular complexity index is 1010. The Hall–Kier alpha value is -2.24. The lowest BCUT2D eigenvalue weighted by Crippen LogP contribution is -2.67. The van der Waals surface area contributed by atoms with Crippen LogP contribution in [0.1, 0.15) is 39.7 Å². The van der Waals surface area contributed by atoms with Crippen molar-refractivity contribution >= 4 is 18.7 Å². The summed E-state index contributed by atoms with van der Waals surface area (Å²) in [6.45, 7) is 11.3. The average molecular weight is 489 g/mol. The van der Waals surface area contributed by atoms with Gasteiger partial charge in [0.25, 0.3) is 8.32 Å². The van der Waals surface area contributed by atoms with E-state index in [-0.39, 0.29) is 23.0 Å². The number of benzene rings is 3. The average Bonchev–Trinajstić information content (AvgIpc) is 3.54. The molecule has 1 unspecified atom stereocenters. The molecule has 0 radical (unpaired) electrons. The summed E-state index contributed by atoms with van der Waals surface area (Å²) >= 11 is 0. The lowest BCUT2D eigenvalue weighted by atomic mass is 9.98. The van der Waals surface area contributed by atoms with Gasteiger partial charge in [0.15, 0.2) is 0 Å². The maximum Gasteiger partial charge on any atom is 0.261 e. The van der Waals surface area contributed by atoms with Crippen LogP contribution in [0.15, 0.2) is 91.0 Å². The first kappa shape index (κ1) is 25.8. The summed E-state index contributed by atoms with van der Waals surface area (Å²) in [5, 5.41) is 12.8. The molecule has 1 saturated carbocycles. The van der Waals surface area contributed by atoms with Crippen LogP contribution in [0.3, 0.4) is 0 Å². The van der Waals surface area contributed by atoms with Crippen molar-refractivity contribution in [1.82, 2.24) is 0 Å². The lowest BCUT2D eigenvalue weighted by Gasteiger charge is -2.43. The van der Waals surface area contributed by atoms with Gasteiger partial charge >= 0.3 is 0 Å². The molecule has 1 N–H and O–H groups in total. The third kappa shape index (κ3) is 5.62. The molecule has 35 heavy (non-hydrogen) atoms. The van der Waals surface area contributed by atoms with E-state index in [0.29, 0.717) is 25.7 Å². The first-order valence-corrected chi connectivity index (χ1v) is 14.7. The fourth-order valence-electron chi connectivity index (χ4n) is 5.58. The van der Waals surface area contributed by atoms with E-state index in [9.17, 15) is 5.11 Å². The number of rotatable bonds is 11. The monoisotopic (exact) mass is 488 g/mol. The van der Waals surface area contributed by atoms with Crippen LogP contribution < -0.4 is 10.4 Å². The summed E-state index contributed by atoms with van der Waals surface area (Å²) < 4.78 is 13.2. The number of aliphatic hydroxyl groups excluding tert-OH is 1. The minimum atomic E-state index is -2.56. The molecule has 0 spiro atoms.